The number of hydrogen-bond donors (Lipinski definition) is 1. The highest BCUT2D eigenvalue weighted by Crippen LogP contribution is 2.30. The third-order valence-corrected chi connectivity index (χ3v) is 4.34. The maximum absolute atomic E-state index is 6.25. The van der Waals surface area contributed by atoms with E-state index in [1.807, 2.05) is 31.2 Å². The predicted molar refractivity (Wildman–Crippen MR) is 86.4 cm³/mol. The Hall–Kier alpha value is -1.92. The van der Waals surface area contributed by atoms with E-state index in [1.165, 1.54) is 0 Å². The molecule has 3 aromatic rings. The fraction of sp³-hybridized carbons (Fsp3) is 0.0714. The van der Waals surface area contributed by atoms with E-state index in [0.717, 1.165) is 21.3 Å². The van der Waals surface area contributed by atoms with Crippen LogP contribution in [0.4, 0.5) is 5.69 Å². The molecule has 1 aromatic heterocycles. The van der Waals surface area contributed by atoms with E-state index in [0.29, 0.717) is 16.5 Å². The molecule has 0 unspecified atom stereocenters. The molecule has 0 amide bonds. The Morgan fingerprint density at radius 3 is 2.81 bits per heavy atom. The summed E-state index contributed by atoms with van der Waals surface area (Å²) >= 11 is 9.77. The second kappa shape index (κ2) is 5.46. The third kappa shape index (κ3) is 2.52. The zero-order valence-electron chi connectivity index (χ0n) is 11.1. The summed E-state index contributed by atoms with van der Waals surface area (Å²) in [6.45, 7) is 2.00. The molecule has 0 aliphatic rings. The zero-order chi connectivity index (χ0) is 15.0. The van der Waals surface area contributed by atoms with Crippen LogP contribution in [0.15, 0.2) is 40.9 Å². The molecule has 0 atom stereocenters. The Morgan fingerprint density at radius 1 is 1.24 bits per heavy atom. The Morgan fingerprint density at radius 2 is 2.05 bits per heavy atom. The van der Waals surface area contributed by atoms with Gasteiger partial charge in [0.15, 0.2) is 5.82 Å². The van der Waals surface area contributed by atoms with E-state index in [2.05, 4.69) is 31.5 Å². The van der Waals surface area contributed by atoms with Gasteiger partial charge in [0, 0.05) is 15.7 Å². The van der Waals surface area contributed by atoms with E-state index in [-0.39, 0.29) is 0 Å². The fourth-order valence-electron chi connectivity index (χ4n) is 2.06. The minimum atomic E-state index is 0.513. The summed E-state index contributed by atoms with van der Waals surface area (Å²) in [5, 5.41) is 12.4. The fourth-order valence-corrected chi connectivity index (χ4v) is 2.68. The van der Waals surface area contributed by atoms with Crippen LogP contribution in [0.3, 0.4) is 0 Å². The Labute approximate surface area is 134 Å². The number of anilines is 1. The maximum atomic E-state index is 6.25. The lowest BCUT2D eigenvalue weighted by Gasteiger charge is -2.10. The molecular formula is C14H11BrClN5. The Kier molecular flexibility index (Phi) is 3.65. The van der Waals surface area contributed by atoms with Gasteiger partial charge in [-0.3, -0.25) is 0 Å². The van der Waals surface area contributed by atoms with E-state index in [4.69, 9.17) is 17.3 Å². The lowest BCUT2D eigenvalue weighted by Crippen LogP contribution is -2.03. The third-order valence-electron chi connectivity index (χ3n) is 3.17. The van der Waals surface area contributed by atoms with Crippen molar-refractivity contribution in [1.82, 2.24) is 20.2 Å². The second-order valence-electron chi connectivity index (χ2n) is 4.54. The molecule has 21 heavy (non-hydrogen) atoms. The van der Waals surface area contributed by atoms with Gasteiger partial charge in [-0.1, -0.05) is 33.6 Å². The number of hydrogen-bond acceptors (Lipinski definition) is 4. The number of aromatic nitrogens is 4. The molecule has 7 heteroatoms. The summed E-state index contributed by atoms with van der Waals surface area (Å²) in [5.41, 5.74) is 8.98. The first kappa shape index (κ1) is 14.0. The molecule has 0 aliphatic carbocycles. The number of rotatable bonds is 2. The molecule has 0 spiro atoms. The molecule has 0 bridgehead atoms. The lowest BCUT2D eigenvalue weighted by atomic mass is 10.1. The van der Waals surface area contributed by atoms with Crippen LogP contribution in [0.25, 0.3) is 17.1 Å². The highest BCUT2D eigenvalue weighted by Gasteiger charge is 2.16. The van der Waals surface area contributed by atoms with Crippen LogP contribution < -0.4 is 5.73 Å². The Balaban J connectivity index is 2.20. The number of nitrogens with two attached hydrogens (primary N) is 1. The lowest BCUT2D eigenvalue weighted by molar-refractivity contribution is 0.787. The molecular weight excluding hydrogens is 354 g/mol. The highest BCUT2D eigenvalue weighted by atomic mass is 79.9. The van der Waals surface area contributed by atoms with Crippen molar-refractivity contribution >= 4 is 33.2 Å². The normalized spacial score (nSPS) is 10.8. The van der Waals surface area contributed by atoms with Gasteiger partial charge in [0.25, 0.3) is 0 Å². The summed E-state index contributed by atoms with van der Waals surface area (Å²) in [4.78, 5) is 0. The van der Waals surface area contributed by atoms with Gasteiger partial charge in [-0.05, 0) is 53.2 Å². The van der Waals surface area contributed by atoms with Crippen molar-refractivity contribution in [2.45, 2.75) is 6.92 Å². The maximum Gasteiger partial charge on any atom is 0.188 e. The van der Waals surface area contributed by atoms with Gasteiger partial charge in [0.05, 0.1) is 10.7 Å². The zero-order valence-corrected chi connectivity index (χ0v) is 13.4. The van der Waals surface area contributed by atoms with Crippen molar-refractivity contribution in [2.24, 2.45) is 0 Å². The predicted octanol–water partition coefficient (Wildman–Crippen LogP) is 3.64. The topological polar surface area (TPSA) is 69.6 Å². The van der Waals surface area contributed by atoms with E-state index in [1.54, 1.807) is 16.8 Å². The minimum absolute atomic E-state index is 0.513. The summed E-state index contributed by atoms with van der Waals surface area (Å²) in [6, 6.07) is 11.1. The van der Waals surface area contributed by atoms with Crippen molar-refractivity contribution in [3.8, 4) is 17.1 Å². The summed E-state index contributed by atoms with van der Waals surface area (Å²) in [7, 11) is 0. The quantitative estimate of drug-likeness (QED) is 0.705. The first-order valence-corrected chi connectivity index (χ1v) is 7.34. The van der Waals surface area contributed by atoms with Gasteiger partial charge < -0.3 is 5.73 Å². The van der Waals surface area contributed by atoms with Crippen LogP contribution in [0.2, 0.25) is 5.02 Å². The standard InChI is InChI=1S/C14H11BrClN5/c1-8-11(15)3-2-4-13(8)21-14(18-19-20-21)10-6-5-9(17)7-12(10)16/h2-7H,17H2,1H3. The first-order valence-electron chi connectivity index (χ1n) is 6.17. The van der Waals surface area contributed by atoms with Crippen LogP contribution in [0.5, 0.6) is 0 Å². The molecule has 106 valence electrons. The van der Waals surface area contributed by atoms with Gasteiger partial charge >= 0.3 is 0 Å². The molecule has 0 saturated carbocycles. The minimum Gasteiger partial charge on any atom is -0.399 e. The number of nitrogen functional groups attached to an aromatic ring is 1. The molecule has 0 radical (unpaired) electrons. The molecule has 5 nitrogen and oxygen atoms in total. The average molecular weight is 365 g/mol. The molecule has 0 fully saturated rings. The van der Waals surface area contributed by atoms with Crippen LogP contribution in [-0.2, 0) is 0 Å². The number of benzene rings is 2. The average Bonchev–Trinajstić information content (AvgIpc) is 2.91. The van der Waals surface area contributed by atoms with Crippen molar-refractivity contribution in [1.29, 1.82) is 0 Å². The van der Waals surface area contributed by atoms with E-state index in [9.17, 15) is 0 Å². The van der Waals surface area contributed by atoms with Gasteiger partial charge in [0.2, 0.25) is 0 Å². The first-order chi connectivity index (χ1) is 10.1. The summed E-state index contributed by atoms with van der Waals surface area (Å²) in [6.07, 6.45) is 0. The van der Waals surface area contributed by atoms with Crippen LogP contribution in [-0.4, -0.2) is 20.2 Å². The SMILES string of the molecule is Cc1c(Br)cccc1-n1nnnc1-c1ccc(N)cc1Cl. The molecule has 2 aromatic carbocycles. The summed E-state index contributed by atoms with van der Waals surface area (Å²) < 4.78 is 2.65. The van der Waals surface area contributed by atoms with Crippen molar-refractivity contribution in [3.63, 3.8) is 0 Å². The molecule has 0 saturated heterocycles. The van der Waals surface area contributed by atoms with E-state index >= 15 is 0 Å². The van der Waals surface area contributed by atoms with Crippen molar-refractivity contribution in [2.75, 3.05) is 5.73 Å². The van der Waals surface area contributed by atoms with Crippen LogP contribution >= 0.6 is 27.5 Å². The van der Waals surface area contributed by atoms with Crippen LogP contribution in [0.1, 0.15) is 5.56 Å². The molecule has 0 aliphatic heterocycles. The summed E-state index contributed by atoms with van der Waals surface area (Å²) in [5.74, 6) is 0.571. The van der Waals surface area contributed by atoms with Gasteiger partial charge in [-0.2, -0.15) is 4.68 Å². The van der Waals surface area contributed by atoms with E-state index < -0.39 is 0 Å². The van der Waals surface area contributed by atoms with Gasteiger partial charge in [0.1, 0.15) is 0 Å². The van der Waals surface area contributed by atoms with Gasteiger partial charge in [-0.15, -0.1) is 5.10 Å². The smallest absolute Gasteiger partial charge is 0.188 e. The molecule has 2 N–H and O–H groups in total. The second-order valence-corrected chi connectivity index (χ2v) is 5.80. The highest BCUT2D eigenvalue weighted by molar-refractivity contribution is 9.10. The number of tetrazole rings is 1. The van der Waals surface area contributed by atoms with Gasteiger partial charge in [-0.25, -0.2) is 0 Å². The molecule has 3 rings (SSSR count). The largest absolute Gasteiger partial charge is 0.399 e. The monoisotopic (exact) mass is 363 g/mol. The Bertz CT molecular complexity index is 815. The van der Waals surface area contributed by atoms with Crippen molar-refractivity contribution < 1.29 is 0 Å². The van der Waals surface area contributed by atoms with Crippen LogP contribution in [0, 0.1) is 6.92 Å². The molecule has 1 heterocycles. The number of halogens is 2. The number of nitrogens with zero attached hydrogens (tertiary/aromatic N) is 4. The van der Waals surface area contributed by atoms with Crippen molar-refractivity contribution in [3.05, 3.63) is 51.5 Å².